The fraction of sp³-hybridized carbons (Fsp3) is 1.00. The summed E-state index contributed by atoms with van der Waals surface area (Å²) in [4.78, 5) is 0. The van der Waals surface area contributed by atoms with Gasteiger partial charge in [-0.25, -0.2) is 5.32 Å². The van der Waals surface area contributed by atoms with Gasteiger partial charge in [-0.2, -0.15) is 0 Å². The van der Waals surface area contributed by atoms with Crippen molar-refractivity contribution in [3.05, 3.63) is 0 Å². The van der Waals surface area contributed by atoms with E-state index in [0.29, 0.717) is 0 Å². The average molecular weight is 102 g/mol. The lowest BCUT2D eigenvalue weighted by Crippen LogP contribution is -2.21. The average Bonchev–Trinajstić information content (AvgIpc) is 1.72. The molecule has 0 aromatic carbocycles. The Bertz CT molecular complexity index is 29.6. The van der Waals surface area contributed by atoms with Gasteiger partial charge in [0.1, 0.15) is 0 Å². The van der Waals surface area contributed by atoms with E-state index < -0.39 is 0 Å². The van der Waals surface area contributed by atoms with E-state index in [1.807, 2.05) is 6.92 Å². The van der Waals surface area contributed by atoms with E-state index in [1.165, 1.54) is 0 Å². The zero-order valence-electron chi connectivity index (χ0n) is 4.89. The lowest BCUT2D eigenvalue weighted by molar-refractivity contribution is 0.243. The number of hydrogen-bond acceptors (Lipinski definition) is 1. The zero-order valence-corrected chi connectivity index (χ0v) is 4.89. The Morgan fingerprint density at radius 3 is 2.29 bits per heavy atom. The maximum absolute atomic E-state index is 8.43. The van der Waals surface area contributed by atoms with Crippen LogP contribution >= 0.6 is 0 Å². The van der Waals surface area contributed by atoms with Gasteiger partial charge in [0.25, 0.3) is 0 Å². The maximum atomic E-state index is 8.43. The Kier molecular flexibility index (Phi) is 4.04. The molecule has 1 N–H and O–H groups in total. The Morgan fingerprint density at radius 2 is 2.29 bits per heavy atom. The molecule has 0 saturated carbocycles. The van der Waals surface area contributed by atoms with Crippen molar-refractivity contribution in [2.24, 2.45) is 0 Å². The summed E-state index contributed by atoms with van der Waals surface area (Å²) in [5.74, 6) is 0. The number of likely N-dealkylation sites (N-methyl/N-ethyl adjacent to an activating group) is 1. The highest BCUT2D eigenvalue weighted by atomic mass is 16.3. The van der Waals surface area contributed by atoms with E-state index in [2.05, 4.69) is 5.32 Å². The van der Waals surface area contributed by atoms with Crippen LogP contribution < -0.4 is 5.32 Å². The van der Waals surface area contributed by atoms with Crippen LogP contribution in [0.4, 0.5) is 0 Å². The molecule has 7 heavy (non-hydrogen) atoms. The molecule has 43 valence electrons. The maximum Gasteiger partial charge on any atom is 0.0600 e. The highest BCUT2D eigenvalue weighted by Gasteiger charge is 1.97. The van der Waals surface area contributed by atoms with E-state index in [9.17, 15) is 0 Å². The van der Waals surface area contributed by atoms with E-state index in [4.69, 9.17) is 5.11 Å². The van der Waals surface area contributed by atoms with Crippen LogP contribution in [0.1, 0.15) is 13.3 Å². The zero-order chi connectivity index (χ0) is 5.70. The first kappa shape index (κ1) is 6.92. The molecule has 0 heterocycles. The van der Waals surface area contributed by atoms with E-state index >= 15 is 0 Å². The molecule has 0 aromatic heterocycles. The minimum atomic E-state index is 0.167. The van der Waals surface area contributed by atoms with E-state index in [1.54, 1.807) is 7.05 Å². The summed E-state index contributed by atoms with van der Waals surface area (Å²) in [5, 5.41) is 12.3. The highest BCUT2D eigenvalue weighted by molar-refractivity contribution is 4.56. The minimum absolute atomic E-state index is 0.167. The van der Waals surface area contributed by atoms with Gasteiger partial charge in [0.15, 0.2) is 0 Å². The van der Waals surface area contributed by atoms with Gasteiger partial charge in [-0.15, -0.1) is 0 Å². The Morgan fingerprint density at radius 1 is 1.71 bits per heavy atom. The van der Waals surface area contributed by atoms with Crippen molar-refractivity contribution in [2.75, 3.05) is 13.7 Å². The van der Waals surface area contributed by atoms with E-state index in [-0.39, 0.29) is 12.6 Å². The topological polar surface area (TPSA) is 34.3 Å². The van der Waals surface area contributed by atoms with Crippen LogP contribution in [0, 0.1) is 0 Å². The summed E-state index contributed by atoms with van der Waals surface area (Å²) in [6.45, 7) is 2.20. The molecule has 0 aliphatic carbocycles. The van der Waals surface area contributed by atoms with Crippen LogP contribution in [0.5, 0.6) is 0 Å². The van der Waals surface area contributed by atoms with Crippen LogP contribution in [-0.2, 0) is 0 Å². The van der Waals surface area contributed by atoms with Gasteiger partial charge in [0.2, 0.25) is 0 Å². The van der Waals surface area contributed by atoms with Crippen molar-refractivity contribution in [1.29, 1.82) is 0 Å². The van der Waals surface area contributed by atoms with Gasteiger partial charge in [0.05, 0.1) is 6.61 Å². The van der Waals surface area contributed by atoms with Crippen molar-refractivity contribution in [3.8, 4) is 0 Å². The molecule has 1 atom stereocenters. The molecular formula is C5H12NO. The van der Waals surface area contributed by atoms with Gasteiger partial charge in [-0.1, -0.05) is 6.92 Å². The summed E-state index contributed by atoms with van der Waals surface area (Å²) < 4.78 is 0. The molecule has 0 aromatic rings. The van der Waals surface area contributed by atoms with Gasteiger partial charge >= 0.3 is 0 Å². The lowest BCUT2D eigenvalue weighted by atomic mass is 10.2. The van der Waals surface area contributed by atoms with Crippen LogP contribution in [0.15, 0.2) is 0 Å². The third-order valence-electron chi connectivity index (χ3n) is 1.05. The first-order valence-corrected chi connectivity index (χ1v) is 2.55. The largest absolute Gasteiger partial charge is 0.395 e. The summed E-state index contributed by atoms with van der Waals surface area (Å²) in [7, 11) is 1.73. The molecule has 0 amide bonds. The van der Waals surface area contributed by atoms with Crippen LogP contribution in [-0.4, -0.2) is 24.8 Å². The van der Waals surface area contributed by atoms with Crippen molar-refractivity contribution in [1.82, 2.24) is 5.32 Å². The van der Waals surface area contributed by atoms with Crippen molar-refractivity contribution >= 4 is 0 Å². The third-order valence-corrected chi connectivity index (χ3v) is 1.05. The molecule has 0 saturated heterocycles. The van der Waals surface area contributed by atoms with Gasteiger partial charge in [-0.05, 0) is 6.42 Å². The van der Waals surface area contributed by atoms with Gasteiger partial charge in [-0.3, -0.25) is 0 Å². The van der Waals surface area contributed by atoms with Crippen LogP contribution in [0.25, 0.3) is 0 Å². The van der Waals surface area contributed by atoms with Gasteiger partial charge < -0.3 is 5.11 Å². The monoisotopic (exact) mass is 102 g/mol. The normalized spacial score (nSPS) is 14.1. The fourth-order valence-electron chi connectivity index (χ4n) is 0.393. The summed E-state index contributed by atoms with van der Waals surface area (Å²) >= 11 is 0. The minimum Gasteiger partial charge on any atom is -0.395 e. The highest BCUT2D eigenvalue weighted by Crippen LogP contribution is 1.86. The number of nitrogens with zero attached hydrogens (tertiary/aromatic N) is 1. The van der Waals surface area contributed by atoms with Crippen molar-refractivity contribution < 1.29 is 5.11 Å². The first-order chi connectivity index (χ1) is 3.35. The predicted molar refractivity (Wildman–Crippen MR) is 29.2 cm³/mol. The molecule has 2 heteroatoms. The second-order valence-corrected chi connectivity index (χ2v) is 1.50. The lowest BCUT2D eigenvalue weighted by Gasteiger charge is -2.04. The van der Waals surface area contributed by atoms with Crippen LogP contribution in [0.2, 0.25) is 0 Å². The smallest absolute Gasteiger partial charge is 0.0600 e. The number of aliphatic hydroxyl groups excluding tert-OH is 1. The SMILES string of the molecule is CCC(CO)[N]C. The molecule has 0 aliphatic rings. The van der Waals surface area contributed by atoms with Gasteiger partial charge in [0, 0.05) is 13.1 Å². The standard InChI is InChI=1S/C5H12NO/c1-3-5(4-7)6-2/h5,7H,3-4H2,1-2H3. The molecule has 1 radical (unpaired) electrons. The molecule has 0 spiro atoms. The quantitative estimate of drug-likeness (QED) is 0.534. The number of hydrogen-bond donors (Lipinski definition) is 1. The number of rotatable bonds is 3. The first-order valence-electron chi connectivity index (χ1n) is 2.55. The Hall–Kier alpha value is -0.0800. The molecule has 1 unspecified atom stereocenters. The molecule has 0 aliphatic heterocycles. The molecular weight excluding hydrogens is 90.1 g/mol. The second-order valence-electron chi connectivity index (χ2n) is 1.50. The summed E-state index contributed by atoms with van der Waals surface area (Å²) in [6, 6.07) is 0.167. The summed E-state index contributed by atoms with van der Waals surface area (Å²) in [6.07, 6.45) is 0.938. The second kappa shape index (κ2) is 4.09. The molecule has 2 nitrogen and oxygen atoms in total. The molecule has 0 fully saturated rings. The number of aliphatic hydroxyl groups is 1. The van der Waals surface area contributed by atoms with Crippen molar-refractivity contribution in [2.45, 2.75) is 19.4 Å². The molecule has 0 rings (SSSR count). The Labute approximate surface area is 44.5 Å². The molecule has 0 bridgehead atoms. The fourth-order valence-corrected chi connectivity index (χ4v) is 0.393. The van der Waals surface area contributed by atoms with Crippen LogP contribution in [0.3, 0.4) is 0 Å². The van der Waals surface area contributed by atoms with E-state index in [0.717, 1.165) is 6.42 Å². The Balaban J connectivity index is 2.99. The summed E-state index contributed by atoms with van der Waals surface area (Å²) in [5.41, 5.74) is 0. The third kappa shape index (κ3) is 2.60. The van der Waals surface area contributed by atoms with Crippen molar-refractivity contribution in [3.63, 3.8) is 0 Å². The predicted octanol–water partition coefficient (Wildman–Crippen LogP) is -0.00850.